The van der Waals surface area contributed by atoms with Gasteiger partial charge in [-0.2, -0.15) is 5.10 Å². The lowest BCUT2D eigenvalue weighted by Gasteiger charge is -2.20. The number of hydrogen-bond donors (Lipinski definition) is 2. The summed E-state index contributed by atoms with van der Waals surface area (Å²) in [6.07, 6.45) is 2.22. The van der Waals surface area contributed by atoms with Gasteiger partial charge in [-0.05, 0) is 64.3 Å². The van der Waals surface area contributed by atoms with Gasteiger partial charge in [-0.3, -0.25) is 9.59 Å². The van der Waals surface area contributed by atoms with Gasteiger partial charge in [0.25, 0.3) is 11.8 Å². The largest absolute Gasteiger partial charge is 0.355 e. The molecule has 0 bridgehead atoms. The number of aromatic nitrogens is 3. The van der Waals surface area contributed by atoms with Gasteiger partial charge in [0, 0.05) is 30.8 Å². The Morgan fingerprint density at radius 1 is 1.13 bits per heavy atom. The van der Waals surface area contributed by atoms with E-state index in [2.05, 4.69) is 31.4 Å². The van der Waals surface area contributed by atoms with Crippen molar-refractivity contribution in [2.45, 2.75) is 58.5 Å². The molecule has 162 valence electrons. The third kappa shape index (κ3) is 4.17. The van der Waals surface area contributed by atoms with Crippen LogP contribution < -0.4 is 10.6 Å². The van der Waals surface area contributed by atoms with Crippen molar-refractivity contribution in [1.29, 1.82) is 0 Å². The van der Waals surface area contributed by atoms with E-state index >= 15 is 0 Å². The van der Waals surface area contributed by atoms with Gasteiger partial charge in [0.1, 0.15) is 0 Å². The van der Waals surface area contributed by atoms with Crippen molar-refractivity contribution in [2.24, 2.45) is 0 Å². The predicted molar refractivity (Wildman–Crippen MR) is 120 cm³/mol. The number of nitrogens with one attached hydrogen (secondary N) is 2. The highest BCUT2D eigenvalue weighted by molar-refractivity contribution is 6.06. The molecule has 7 nitrogen and oxygen atoms in total. The Bertz CT molecular complexity index is 1150. The normalized spacial score (nSPS) is 14.0. The number of carbonyl (C=O) groups is 2. The van der Waals surface area contributed by atoms with Crippen molar-refractivity contribution in [1.82, 2.24) is 25.4 Å². The Morgan fingerprint density at radius 2 is 1.81 bits per heavy atom. The molecule has 31 heavy (non-hydrogen) atoms. The van der Waals surface area contributed by atoms with Crippen LogP contribution in [0.5, 0.6) is 0 Å². The van der Waals surface area contributed by atoms with E-state index in [4.69, 9.17) is 10.1 Å². The molecule has 1 aromatic carbocycles. The second-order valence-electron chi connectivity index (χ2n) is 9.19. The average Bonchev–Trinajstić information content (AvgIpc) is 3.54. The maximum atomic E-state index is 13.2. The average molecular weight is 420 g/mol. The summed E-state index contributed by atoms with van der Waals surface area (Å²) in [5, 5.41) is 11.2. The Labute approximate surface area is 182 Å². The quantitative estimate of drug-likeness (QED) is 0.660. The molecule has 1 aliphatic carbocycles. The van der Waals surface area contributed by atoms with Crippen LogP contribution in [0.2, 0.25) is 0 Å². The number of rotatable bonds is 5. The zero-order valence-corrected chi connectivity index (χ0v) is 18.7. The summed E-state index contributed by atoms with van der Waals surface area (Å²) in [6, 6.07) is 9.16. The van der Waals surface area contributed by atoms with E-state index in [0.717, 1.165) is 40.8 Å². The number of nitrogens with zero attached hydrogens (tertiary/aromatic N) is 3. The molecule has 1 fully saturated rings. The van der Waals surface area contributed by atoms with E-state index in [9.17, 15) is 9.59 Å². The van der Waals surface area contributed by atoms with E-state index in [1.54, 1.807) is 19.2 Å². The van der Waals surface area contributed by atoms with Gasteiger partial charge in [0.05, 0.1) is 22.2 Å². The molecule has 3 aromatic rings. The third-order valence-electron chi connectivity index (χ3n) is 5.60. The topological polar surface area (TPSA) is 88.9 Å². The van der Waals surface area contributed by atoms with Crippen molar-refractivity contribution < 1.29 is 9.59 Å². The van der Waals surface area contributed by atoms with Crippen LogP contribution in [0.25, 0.3) is 11.0 Å². The molecular weight excluding hydrogens is 390 g/mol. The maximum absolute atomic E-state index is 13.2. The number of aryl methyl sites for hydroxylation is 1. The first-order valence-electron chi connectivity index (χ1n) is 10.7. The summed E-state index contributed by atoms with van der Waals surface area (Å²) < 4.78 is 1.93. The highest BCUT2D eigenvalue weighted by atomic mass is 16.2. The van der Waals surface area contributed by atoms with Gasteiger partial charge in [-0.15, -0.1) is 0 Å². The van der Waals surface area contributed by atoms with Gasteiger partial charge in [-0.25, -0.2) is 9.67 Å². The van der Waals surface area contributed by atoms with E-state index < -0.39 is 0 Å². The zero-order chi connectivity index (χ0) is 22.3. The minimum atomic E-state index is -0.234. The molecule has 2 N–H and O–H groups in total. The second-order valence-corrected chi connectivity index (χ2v) is 9.19. The Morgan fingerprint density at radius 3 is 2.39 bits per heavy atom. The lowest BCUT2D eigenvalue weighted by molar-refractivity contribution is 0.0947. The van der Waals surface area contributed by atoms with E-state index in [1.807, 2.05) is 29.8 Å². The fraction of sp³-hybridized carbons (Fsp3) is 0.417. The standard InChI is InChI=1S/C24H29N5O2/c1-14-20-18(23(31)26-13-15-6-8-17(9-7-15)22(30)25-5)12-19(16-10-11-16)27-21(20)29(28-14)24(2,3)4/h6-9,12,16H,10-11,13H2,1-5H3,(H,25,30)(H,26,31). The third-order valence-corrected chi connectivity index (χ3v) is 5.60. The SMILES string of the molecule is CNC(=O)c1ccc(CNC(=O)c2cc(C3CC3)nc3c2c(C)nn3C(C)(C)C)cc1. The number of pyridine rings is 1. The Balaban J connectivity index is 1.64. The summed E-state index contributed by atoms with van der Waals surface area (Å²) >= 11 is 0. The van der Waals surface area contributed by atoms with E-state index in [1.165, 1.54) is 0 Å². The molecule has 4 rings (SSSR count). The predicted octanol–water partition coefficient (Wildman–Crippen LogP) is 3.66. The minimum absolute atomic E-state index is 0.131. The van der Waals surface area contributed by atoms with Gasteiger partial charge in [0.2, 0.25) is 0 Å². The lowest BCUT2D eigenvalue weighted by atomic mass is 10.1. The highest BCUT2D eigenvalue weighted by Gasteiger charge is 2.30. The second kappa shape index (κ2) is 7.80. The summed E-state index contributed by atoms with van der Waals surface area (Å²) in [5.74, 6) is 0.159. The lowest BCUT2D eigenvalue weighted by Crippen LogP contribution is -2.25. The van der Waals surface area contributed by atoms with Crippen molar-refractivity contribution in [3.8, 4) is 0 Å². The van der Waals surface area contributed by atoms with E-state index in [0.29, 0.717) is 23.6 Å². The fourth-order valence-electron chi connectivity index (χ4n) is 3.74. The number of carbonyl (C=O) groups excluding carboxylic acids is 2. The molecule has 1 aliphatic rings. The molecule has 0 unspecified atom stereocenters. The van der Waals surface area contributed by atoms with Crippen molar-refractivity contribution in [2.75, 3.05) is 7.05 Å². The van der Waals surface area contributed by atoms with Gasteiger partial charge < -0.3 is 10.6 Å². The van der Waals surface area contributed by atoms with Crippen LogP contribution in [0.1, 0.15) is 77.2 Å². The summed E-state index contributed by atoms with van der Waals surface area (Å²) in [4.78, 5) is 29.8. The first-order chi connectivity index (χ1) is 14.7. The molecule has 0 spiro atoms. The highest BCUT2D eigenvalue weighted by Crippen LogP contribution is 2.41. The number of benzene rings is 1. The molecule has 2 amide bonds. The summed E-state index contributed by atoms with van der Waals surface area (Å²) in [6.45, 7) is 8.57. The summed E-state index contributed by atoms with van der Waals surface area (Å²) in [7, 11) is 1.60. The van der Waals surface area contributed by atoms with E-state index in [-0.39, 0.29) is 17.4 Å². The molecule has 0 aliphatic heterocycles. The maximum Gasteiger partial charge on any atom is 0.252 e. The molecule has 2 heterocycles. The van der Waals surface area contributed by atoms with Crippen LogP contribution in [0.15, 0.2) is 30.3 Å². The Kier molecular flexibility index (Phi) is 5.29. The monoisotopic (exact) mass is 419 g/mol. The van der Waals surface area contributed by atoms with Crippen LogP contribution in [-0.4, -0.2) is 33.6 Å². The van der Waals surface area contributed by atoms with Crippen LogP contribution in [-0.2, 0) is 12.1 Å². The molecule has 2 aromatic heterocycles. The summed E-state index contributed by atoms with van der Waals surface area (Å²) in [5.41, 5.74) is 4.46. The van der Waals surface area contributed by atoms with Gasteiger partial charge >= 0.3 is 0 Å². The number of fused-ring (bicyclic) bond motifs is 1. The van der Waals surface area contributed by atoms with Crippen LogP contribution in [0.4, 0.5) is 0 Å². The smallest absolute Gasteiger partial charge is 0.252 e. The molecule has 0 saturated heterocycles. The van der Waals surface area contributed by atoms with Crippen LogP contribution >= 0.6 is 0 Å². The van der Waals surface area contributed by atoms with Gasteiger partial charge in [-0.1, -0.05) is 12.1 Å². The van der Waals surface area contributed by atoms with Crippen molar-refractivity contribution in [3.05, 3.63) is 58.4 Å². The molecule has 0 atom stereocenters. The fourth-order valence-corrected chi connectivity index (χ4v) is 3.74. The van der Waals surface area contributed by atoms with Crippen LogP contribution in [0.3, 0.4) is 0 Å². The first-order valence-corrected chi connectivity index (χ1v) is 10.7. The Hall–Kier alpha value is -3.22. The minimum Gasteiger partial charge on any atom is -0.355 e. The number of amides is 2. The molecule has 1 saturated carbocycles. The molecule has 7 heteroatoms. The number of hydrogen-bond acceptors (Lipinski definition) is 4. The molecule has 0 radical (unpaired) electrons. The molecular formula is C24H29N5O2. The van der Waals surface area contributed by atoms with Crippen molar-refractivity contribution >= 4 is 22.8 Å². The van der Waals surface area contributed by atoms with Crippen molar-refractivity contribution in [3.63, 3.8) is 0 Å². The van der Waals surface area contributed by atoms with Gasteiger partial charge in [0.15, 0.2) is 5.65 Å². The first kappa shape index (κ1) is 21.0. The zero-order valence-electron chi connectivity index (χ0n) is 18.7. The van der Waals surface area contributed by atoms with Crippen LogP contribution in [0, 0.1) is 6.92 Å².